The van der Waals surface area contributed by atoms with Crippen molar-refractivity contribution in [2.75, 3.05) is 13.7 Å². The van der Waals surface area contributed by atoms with E-state index in [1.807, 2.05) is 0 Å². The molecule has 0 fully saturated rings. The van der Waals surface area contributed by atoms with Crippen LogP contribution in [0.2, 0.25) is 0 Å². The summed E-state index contributed by atoms with van der Waals surface area (Å²) in [5, 5.41) is 11.3. The molecule has 0 aliphatic carbocycles. The van der Waals surface area contributed by atoms with Gasteiger partial charge in [0.15, 0.2) is 11.6 Å². The first-order valence-corrected chi connectivity index (χ1v) is 5.02. The standard InChI is InChI=1S/C11H13F2NO3/c1-14-9(11(15)16)4-5-17-10-6-7(12)2-3-8(10)13/h2-3,6,9,14H,4-5H2,1H3,(H,15,16). The van der Waals surface area contributed by atoms with Gasteiger partial charge in [-0.05, 0) is 19.2 Å². The third-order valence-corrected chi connectivity index (χ3v) is 2.20. The van der Waals surface area contributed by atoms with Crippen LogP contribution in [-0.4, -0.2) is 30.8 Å². The van der Waals surface area contributed by atoms with Crippen LogP contribution in [0.3, 0.4) is 0 Å². The van der Waals surface area contributed by atoms with Gasteiger partial charge in [0.05, 0.1) is 6.61 Å². The van der Waals surface area contributed by atoms with Gasteiger partial charge in [0, 0.05) is 12.5 Å². The predicted octanol–water partition coefficient (Wildman–Crippen LogP) is 1.41. The Morgan fingerprint density at radius 2 is 2.24 bits per heavy atom. The number of benzene rings is 1. The molecule has 1 rings (SSSR count). The van der Waals surface area contributed by atoms with Crippen molar-refractivity contribution in [2.45, 2.75) is 12.5 Å². The number of halogens is 2. The van der Waals surface area contributed by atoms with Gasteiger partial charge >= 0.3 is 5.97 Å². The van der Waals surface area contributed by atoms with Crippen molar-refractivity contribution >= 4 is 5.97 Å². The molecule has 1 atom stereocenters. The Morgan fingerprint density at radius 3 is 2.82 bits per heavy atom. The number of aliphatic carboxylic acids is 1. The van der Waals surface area contributed by atoms with Gasteiger partial charge in [0.2, 0.25) is 0 Å². The molecular formula is C11H13F2NO3. The number of nitrogens with one attached hydrogen (secondary N) is 1. The van der Waals surface area contributed by atoms with Gasteiger partial charge in [-0.2, -0.15) is 0 Å². The zero-order valence-electron chi connectivity index (χ0n) is 9.24. The van der Waals surface area contributed by atoms with E-state index in [1.54, 1.807) is 0 Å². The summed E-state index contributed by atoms with van der Waals surface area (Å²) in [4.78, 5) is 10.6. The van der Waals surface area contributed by atoms with Crippen LogP contribution in [0.1, 0.15) is 6.42 Å². The summed E-state index contributed by atoms with van der Waals surface area (Å²) in [5.41, 5.74) is 0. The second-order valence-electron chi connectivity index (χ2n) is 3.39. The first-order valence-electron chi connectivity index (χ1n) is 5.02. The van der Waals surface area contributed by atoms with Gasteiger partial charge < -0.3 is 15.2 Å². The van der Waals surface area contributed by atoms with Crippen molar-refractivity contribution < 1.29 is 23.4 Å². The van der Waals surface area contributed by atoms with Gasteiger partial charge in [0.1, 0.15) is 11.9 Å². The van der Waals surface area contributed by atoms with Gasteiger partial charge in [-0.25, -0.2) is 8.78 Å². The zero-order chi connectivity index (χ0) is 12.8. The maximum Gasteiger partial charge on any atom is 0.320 e. The quantitative estimate of drug-likeness (QED) is 0.795. The molecule has 0 amide bonds. The molecule has 0 aliphatic rings. The minimum atomic E-state index is -1.02. The maximum atomic E-state index is 13.1. The number of rotatable bonds is 6. The average molecular weight is 245 g/mol. The van der Waals surface area contributed by atoms with E-state index in [4.69, 9.17) is 9.84 Å². The van der Waals surface area contributed by atoms with Crippen LogP contribution in [0.4, 0.5) is 8.78 Å². The summed E-state index contributed by atoms with van der Waals surface area (Å²) < 4.78 is 30.9. The van der Waals surface area contributed by atoms with Crippen molar-refractivity contribution in [3.63, 3.8) is 0 Å². The van der Waals surface area contributed by atoms with Crippen LogP contribution in [-0.2, 0) is 4.79 Å². The summed E-state index contributed by atoms with van der Waals surface area (Å²) in [6.07, 6.45) is 0.155. The van der Waals surface area contributed by atoms with E-state index >= 15 is 0 Å². The minimum absolute atomic E-state index is 0.0157. The predicted molar refractivity (Wildman–Crippen MR) is 57.0 cm³/mol. The highest BCUT2D eigenvalue weighted by Gasteiger charge is 2.15. The lowest BCUT2D eigenvalue weighted by atomic mass is 10.2. The van der Waals surface area contributed by atoms with E-state index in [2.05, 4.69) is 5.32 Å². The van der Waals surface area contributed by atoms with Gasteiger partial charge in [-0.3, -0.25) is 4.79 Å². The lowest BCUT2D eigenvalue weighted by Gasteiger charge is -2.12. The maximum absolute atomic E-state index is 13.1. The Kier molecular flexibility index (Phi) is 4.84. The lowest BCUT2D eigenvalue weighted by molar-refractivity contribution is -0.139. The first-order chi connectivity index (χ1) is 8.04. The second kappa shape index (κ2) is 6.15. The fourth-order valence-corrected chi connectivity index (χ4v) is 1.27. The van der Waals surface area contributed by atoms with Crippen LogP contribution in [0.5, 0.6) is 5.75 Å². The molecule has 1 unspecified atom stereocenters. The number of hydrogen-bond acceptors (Lipinski definition) is 3. The smallest absolute Gasteiger partial charge is 0.320 e. The van der Waals surface area contributed by atoms with E-state index < -0.39 is 23.6 Å². The summed E-state index contributed by atoms with van der Waals surface area (Å²) in [6, 6.07) is 2.09. The molecule has 0 heterocycles. The molecule has 0 radical (unpaired) electrons. The molecular weight excluding hydrogens is 232 g/mol. The fourth-order valence-electron chi connectivity index (χ4n) is 1.27. The van der Waals surface area contributed by atoms with Gasteiger partial charge in [-0.15, -0.1) is 0 Å². The first kappa shape index (κ1) is 13.4. The lowest BCUT2D eigenvalue weighted by Crippen LogP contribution is -2.35. The van der Waals surface area contributed by atoms with Crippen molar-refractivity contribution in [2.24, 2.45) is 0 Å². The summed E-state index contributed by atoms with van der Waals surface area (Å²) in [5.74, 6) is -2.52. The van der Waals surface area contributed by atoms with Gasteiger partial charge in [-0.1, -0.05) is 0 Å². The summed E-state index contributed by atoms with van der Waals surface area (Å²) in [6.45, 7) is -0.0157. The molecule has 0 aliphatic heterocycles. The summed E-state index contributed by atoms with van der Waals surface area (Å²) >= 11 is 0. The van der Waals surface area contributed by atoms with Crippen molar-refractivity contribution in [1.82, 2.24) is 5.32 Å². The van der Waals surface area contributed by atoms with Gasteiger partial charge in [0.25, 0.3) is 0 Å². The molecule has 6 heteroatoms. The number of carboxylic acids is 1. The van der Waals surface area contributed by atoms with E-state index in [-0.39, 0.29) is 18.8 Å². The molecule has 2 N–H and O–H groups in total. The molecule has 0 bridgehead atoms. The van der Waals surface area contributed by atoms with Crippen LogP contribution in [0.25, 0.3) is 0 Å². The van der Waals surface area contributed by atoms with E-state index in [1.165, 1.54) is 7.05 Å². The zero-order valence-corrected chi connectivity index (χ0v) is 9.24. The highest BCUT2D eigenvalue weighted by Crippen LogP contribution is 2.18. The normalized spacial score (nSPS) is 12.2. The molecule has 17 heavy (non-hydrogen) atoms. The Labute approximate surface area is 97.2 Å². The van der Waals surface area contributed by atoms with Crippen molar-refractivity contribution in [3.05, 3.63) is 29.8 Å². The molecule has 0 saturated heterocycles. The van der Waals surface area contributed by atoms with E-state index in [0.29, 0.717) is 0 Å². The number of likely N-dealkylation sites (N-methyl/N-ethyl adjacent to an activating group) is 1. The third-order valence-electron chi connectivity index (χ3n) is 2.20. The van der Waals surface area contributed by atoms with E-state index in [0.717, 1.165) is 18.2 Å². The molecule has 1 aromatic carbocycles. The Morgan fingerprint density at radius 1 is 1.53 bits per heavy atom. The highest BCUT2D eigenvalue weighted by atomic mass is 19.1. The SMILES string of the molecule is CNC(CCOc1cc(F)ccc1F)C(=O)O. The molecule has 0 spiro atoms. The van der Waals surface area contributed by atoms with Crippen LogP contribution in [0.15, 0.2) is 18.2 Å². The second-order valence-corrected chi connectivity index (χ2v) is 3.39. The Balaban J connectivity index is 2.50. The fraction of sp³-hybridized carbons (Fsp3) is 0.364. The molecule has 1 aromatic rings. The topological polar surface area (TPSA) is 58.6 Å². The molecule has 4 nitrogen and oxygen atoms in total. The highest BCUT2D eigenvalue weighted by molar-refractivity contribution is 5.73. The molecule has 94 valence electrons. The van der Waals surface area contributed by atoms with Crippen LogP contribution in [0, 0.1) is 11.6 Å². The largest absolute Gasteiger partial charge is 0.490 e. The minimum Gasteiger partial charge on any atom is -0.490 e. The monoisotopic (exact) mass is 245 g/mol. The van der Waals surface area contributed by atoms with Crippen molar-refractivity contribution in [1.29, 1.82) is 0 Å². The average Bonchev–Trinajstić information content (AvgIpc) is 2.28. The van der Waals surface area contributed by atoms with Crippen LogP contribution < -0.4 is 10.1 Å². The number of ether oxygens (including phenoxy) is 1. The Bertz CT molecular complexity index is 398. The van der Waals surface area contributed by atoms with Crippen LogP contribution >= 0.6 is 0 Å². The Hall–Kier alpha value is -1.69. The van der Waals surface area contributed by atoms with Crippen molar-refractivity contribution in [3.8, 4) is 5.75 Å². The number of hydrogen-bond donors (Lipinski definition) is 2. The molecule has 0 aromatic heterocycles. The third kappa shape index (κ3) is 3.99. The molecule has 0 saturated carbocycles. The number of carboxylic acid groups (broad SMARTS) is 1. The number of carbonyl (C=O) groups is 1. The summed E-state index contributed by atoms with van der Waals surface area (Å²) in [7, 11) is 1.50. The van der Waals surface area contributed by atoms with E-state index in [9.17, 15) is 13.6 Å².